The van der Waals surface area contributed by atoms with E-state index in [-0.39, 0.29) is 5.92 Å². The molecule has 2 aliphatic rings. The molecule has 0 aromatic heterocycles. The SMILES string of the molecule is CC1C(=O)CCC1c1cccc2c1OCC2. The van der Waals surface area contributed by atoms with Crippen molar-refractivity contribution in [1.82, 2.24) is 0 Å². The molecule has 16 heavy (non-hydrogen) atoms. The number of Topliss-reactive ketones (excluding diaryl/α,β-unsaturated/α-hetero) is 1. The van der Waals surface area contributed by atoms with E-state index in [1.807, 2.05) is 6.92 Å². The lowest BCUT2D eigenvalue weighted by Crippen LogP contribution is -2.09. The molecule has 0 N–H and O–H groups in total. The first-order valence-electron chi connectivity index (χ1n) is 6.04. The maximum Gasteiger partial charge on any atom is 0.136 e. The number of para-hydroxylation sites is 1. The molecule has 0 saturated heterocycles. The molecule has 1 aromatic carbocycles. The molecule has 0 bridgehead atoms. The minimum Gasteiger partial charge on any atom is -0.493 e. The number of carbonyl (C=O) groups is 1. The minimum absolute atomic E-state index is 0.163. The van der Waals surface area contributed by atoms with Crippen molar-refractivity contribution < 1.29 is 9.53 Å². The summed E-state index contributed by atoms with van der Waals surface area (Å²) in [5.41, 5.74) is 2.57. The maximum atomic E-state index is 11.6. The first kappa shape index (κ1) is 9.88. The summed E-state index contributed by atoms with van der Waals surface area (Å²) in [5.74, 6) is 2.01. The van der Waals surface area contributed by atoms with Crippen LogP contribution >= 0.6 is 0 Å². The summed E-state index contributed by atoms with van der Waals surface area (Å²) in [6, 6.07) is 6.36. The van der Waals surface area contributed by atoms with Crippen molar-refractivity contribution in [2.24, 2.45) is 5.92 Å². The number of ether oxygens (including phenoxy) is 1. The topological polar surface area (TPSA) is 26.3 Å². The zero-order valence-corrected chi connectivity index (χ0v) is 9.53. The Morgan fingerprint density at radius 3 is 2.94 bits per heavy atom. The smallest absolute Gasteiger partial charge is 0.136 e. The Balaban J connectivity index is 2.01. The average molecular weight is 216 g/mol. The molecule has 1 fully saturated rings. The highest BCUT2D eigenvalue weighted by Crippen LogP contribution is 2.43. The van der Waals surface area contributed by atoms with Gasteiger partial charge >= 0.3 is 0 Å². The maximum absolute atomic E-state index is 11.6. The van der Waals surface area contributed by atoms with Crippen LogP contribution in [0.5, 0.6) is 5.75 Å². The second-order valence-electron chi connectivity index (χ2n) is 4.83. The molecule has 3 rings (SSSR count). The van der Waals surface area contributed by atoms with Crippen molar-refractivity contribution in [2.75, 3.05) is 6.61 Å². The van der Waals surface area contributed by atoms with Gasteiger partial charge in [0.05, 0.1) is 6.61 Å². The van der Waals surface area contributed by atoms with Gasteiger partial charge in [-0.15, -0.1) is 0 Å². The predicted octanol–water partition coefficient (Wildman–Crippen LogP) is 2.70. The molecule has 0 spiro atoms. The van der Waals surface area contributed by atoms with Crippen LogP contribution in [0.1, 0.15) is 36.8 Å². The first-order chi connectivity index (χ1) is 7.77. The molecule has 1 aliphatic heterocycles. The Morgan fingerprint density at radius 2 is 2.19 bits per heavy atom. The third kappa shape index (κ3) is 1.36. The van der Waals surface area contributed by atoms with Gasteiger partial charge in [0.2, 0.25) is 0 Å². The lowest BCUT2D eigenvalue weighted by Gasteiger charge is -2.17. The second kappa shape index (κ2) is 3.62. The van der Waals surface area contributed by atoms with Crippen molar-refractivity contribution in [3.63, 3.8) is 0 Å². The van der Waals surface area contributed by atoms with Crippen LogP contribution in [-0.2, 0) is 11.2 Å². The summed E-state index contributed by atoms with van der Waals surface area (Å²) in [6.45, 7) is 2.84. The largest absolute Gasteiger partial charge is 0.493 e. The lowest BCUT2D eigenvalue weighted by atomic mass is 9.88. The summed E-state index contributed by atoms with van der Waals surface area (Å²) < 4.78 is 5.71. The van der Waals surface area contributed by atoms with Gasteiger partial charge in [0.15, 0.2) is 0 Å². The number of ketones is 1. The number of fused-ring (bicyclic) bond motifs is 1. The lowest BCUT2D eigenvalue weighted by molar-refractivity contribution is -0.120. The molecule has 2 unspecified atom stereocenters. The quantitative estimate of drug-likeness (QED) is 0.721. The highest BCUT2D eigenvalue weighted by molar-refractivity contribution is 5.84. The van der Waals surface area contributed by atoms with Gasteiger partial charge in [-0.1, -0.05) is 25.1 Å². The zero-order chi connectivity index (χ0) is 11.1. The molecule has 0 radical (unpaired) electrons. The number of rotatable bonds is 1. The normalized spacial score (nSPS) is 27.9. The van der Waals surface area contributed by atoms with Crippen LogP contribution in [0.3, 0.4) is 0 Å². The summed E-state index contributed by atoms with van der Waals surface area (Å²) in [7, 11) is 0. The van der Waals surface area contributed by atoms with Gasteiger partial charge in [-0.05, 0) is 23.5 Å². The Kier molecular flexibility index (Phi) is 2.23. The summed E-state index contributed by atoms with van der Waals surface area (Å²) in [5, 5.41) is 0. The van der Waals surface area contributed by atoms with Crippen molar-refractivity contribution in [3.8, 4) is 5.75 Å². The summed E-state index contributed by atoms with van der Waals surface area (Å²) >= 11 is 0. The Morgan fingerprint density at radius 1 is 1.31 bits per heavy atom. The Labute approximate surface area is 95.6 Å². The van der Waals surface area contributed by atoms with Crippen molar-refractivity contribution in [3.05, 3.63) is 29.3 Å². The van der Waals surface area contributed by atoms with Gasteiger partial charge < -0.3 is 4.74 Å². The summed E-state index contributed by atoms with van der Waals surface area (Å²) in [6.07, 6.45) is 2.73. The second-order valence-corrected chi connectivity index (χ2v) is 4.83. The van der Waals surface area contributed by atoms with Gasteiger partial charge in [-0.3, -0.25) is 4.79 Å². The van der Waals surface area contributed by atoms with E-state index in [4.69, 9.17) is 4.74 Å². The first-order valence-corrected chi connectivity index (χ1v) is 6.04. The van der Waals surface area contributed by atoms with Crippen molar-refractivity contribution >= 4 is 5.78 Å². The van der Waals surface area contributed by atoms with E-state index in [1.165, 1.54) is 11.1 Å². The van der Waals surface area contributed by atoms with E-state index in [9.17, 15) is 4.79 Å². The average Bonchev–Trinajstić information content (AvgIpc) is 2.87. The van der Waals surface area contributed by atoms with E-state index in [2.05, 4.69) is 18.2 Å². The van der Waals surface area contributed by atoms with Crippen molar-refractivity contribution in [2.45, 2.75) is 32.1 Å². The highest BCUT2D eigenvalue weighted by atomic mass is 16.5. The van der Waals surface area contributed by atoms with Gasteiger partial charge in [0.1, 0.15) is 11.5 Å². The van der Waals surface area contributed by atoms with E-state index in [0.29, 0.717) is 11.7 Å². The minimum atomic E-state index is 0.163. The molecular formula is C14H16O2. The molecule has 1 aliphatic carbocycles. The fourth-order valence-corrected chi connectivity index (χ4v) is 2.96. The number of benzene rings is 1. The monoisotopic (exact) mass is 216 g/mol. The van der Waals surface area contributed by atoms with E-state index >= 15 is 0 Å². The summed E-state index contributed by atoms with van der Waals surface area (Å²) in [4.78, 5) is 11.6. The van der Waals surface area contributed by atoms with Crippen LogP contribution in [0.15, 0.2) is 18.2 Å². The van der Waals surface area contributed by atoms with E-state index in [0.717, 1.165) is 31.6 Å². The van der Waals surface area contributed by atoms with Gasteiger partial charge in [0.25, 0.3) is 0 Å². The van der Waals surface area contributed by atoms with Crippen molar-refractivity contribution in [1.29, 1.82) is 0 Å². The molecule has 2 heteroatoms. The van der Waals surface area contributed by atoms with E-state index < -0.39 is 0 Å². The number of carbonyl (C=O) groups excluding carboxylic acids is 1. The van der Waals surface area contributed by atoms with Crippen LogP contribution in [0.4, 0.5) is 0 Å². The van der Waals surface area contributed by atoms with Crippen LogP contribution in [0.2, 0.25) is 0 Å². The third-order valence-corrected chi connectivity index (χ3v) is 3.96. The predicted molar refractivity (Wildman–Crippen MR) is 61.8 cm³/mol. The van der Waals surface area contributed by atoms with E-state index in [1.54, 1.807) is 0 Å². The van der Waals surface area contributed by atoms with Gasteiger partial charge in [-0.2, -0.15) is 0 Å². The molecule has 1 aromatic rings. The highest BCUT2D eigenvalue weighted by Gasteiger charge is 2.34. The molecule has 0 amide bonds. The standard InChI is InChI=1S/C14H16O2/c1-9-11(5-6-13(9)15)12-4-2-3-10-7-8-16-14(10)12/h2-4,9,11H,5-8H2,1H3. The molecule has 1 saturated carbocycles. The van der Waals surface area contributed by atoms with Crippen LogP contribution in [0.25, 0.3) is 0 Å². The number of hydrogen-bond acceptors (Lipinski definition) is 2. The molecule has 2 nitrogen and oxygen atoms in total. The van der Waals surface area contributed by atoms with Crippen LogP contribution in [0, 0.1) is 5.92 Å². The molecule has 84 valence electrons. The van der Waals surface area contributed by atoms with Gasteiger partial charge in [-0.25, -0.2) is 0 Å². The Bertz CT molecular complexity index is 436. The number of hydrogen-bond donors (Lipinski definition) is 0. The Hall–Kier alpha value is -1.31. The molecular weight excluding hydrogens is 200 g/mol. The molecule has 1 heterocycles. The third-order valence-electron chi connectivity index (χ3n) is 3.96. The van der Waals surface area contributed by atoms with Crippen LogP contribution in [-0.4, -0.2) is 12.4 Å². The fraction of sp³-hybridized carbons (Fsp3) is 0.500. The zero-order valence-electron chi connectivity index (χ0n) is 9.53. The van der Waals surface area contributed by atoms with Crippen LogP contribution < -0.4 is 4.74 Å². The molecule has 2 atom stereocenters. The fourth-order valence-electron chi connectivity index (χ4n) is 2.96. The van der Waals surface area contributed by atoms with Gasteiger partial charge in [0, 0.05) is 18.8 Å².